The van der Waals surface area contributed by atoms with Crippen LogP contribution in [0, 0.1) is 0 Å². The van der Waals surface area contributed by atoms with Crippen LogP contribution in [0.1, 0.15) is 22.3 Å². The lowest BCUT2D eigenvalue weighted by atomic mass is 9.68. The van der Waals surface area contributed by atoms with Gasteiger partial charge in [0.15, 0.2) is 0 Å². The highest BCUT2D eigenvalue weighted by atomic mass is 16.3. The smallest absolute Gasteiger partial charge is 0.143 e. The highest BCUT2D eigenvalue weighted by Gasteiger charge is 2.45. The number of para-hydroxylation sites is 2. The molecule has 0 saturated heterocycles. The van der Waals surface area contributed by atoms with Gasteiger partial charge in [-0.15, -0.1) is 0 Å². The minimum Gasteiger partial charge on any atom is -0.455 e. The van der Waals surface area contributed by atoms with Gasteiger partial charge in [-0.05, 0) is 103 Å². The molecular weight excluding hydrogens is 739 g/mol. The van der Waals surface area contributed by atoms with Crippen molar-refractivity contribution in [3.63, 3.8) is 0 Å². The third kappa shape index (κ3) is 5.50. The Morgan fingerprint density at radius 1 is 0.328 bits per heavy atom. The fourth-order valence-corrected chi connectivity index (χ4v) is 10.1. The van der Waals surface area contributed by atoms with Crippen LogP contribution >= 0.6 is 0 Å². The summed E-state index contributed by atoms with van der Waals surface area (Å²) in [5.41, 5.74) is 16.8. The van der Waals surface area contributed by atoms with E-state index < -0.39 is 5.41 Å². The maximum atomic E-state index is 6.54. The standard InChI is InChI=1S/C59H39NO/c1-2-18-43(19-3-1)59(55-28-9-6-22-51(55)52-23-7-10-29-56(52)59)44-33-37-46(38-34-44)60(45-35-31-41(32-36-45)49-25-13-16-40-15-4-5-21-48(40)49)47-20-12-17-42(39-47)50-26-14-27-54-53-24-8-11-30-57(53)61-58(50)54/h1-39H. The molecule has 0 radical (unpaired) electrons. The normalized spacial score (nSPS) is 12.7. The number of hydrogen-bond acceptors (Lipinski definition) is 2. The molecule has 0 amide bonds. The van der Waals surface area contributed by atoms with E-state index in [-0.39, 0.29) is 0 Å². The van der Waals surface area contributed by atoms with Crippen molar-refractivity contribution in [3.8, 4) is 33.4 Å². The Morgan fingerprint density at radius 2 is 0.869 bits per heavy atom. The molecule has 0 N–H and O–H groups in total. The van der Waals surface area contributed by atoms with Crippen molar-refractivity contribution in [2.24, 2.45) is 0 Å². The molecule has 0 aliphatic heterocycles. The number of benzene rings is 10. The van der Waals surface area contributed by atoms with Crippen LogP contribution in [0.2, 0.25) is 0 Å². The molecule has 2 heteroatoms. The summed E-state index contributed by atoms with van der Waals surface area (Å²) in [5.74, 6) is 0. The summed E-state index contributed by atoms with van der Waals surface area (Å²) in [6, 6.07) is 86.0. The van der Waals surface area contributed by atoms with Crippen molar-refractivity contribution in [3.05, 3.63) is 259 Å². The number of nitrogens with zero attached hydrogens (tertiary/aromatic N) is 1. The van der Waals surface area contributed by atoms with Gasteiger partial charge in [-0.2, -0.15) is 0 Å². The van der Waals surface area contributed by atoms with Crippen LogP contribution in [0.4, 0.5) is 17.1 Å². The molecule has 286 valence electrons. The van der Waals surface area contributed by atoms with Crippen molar-refractivity contribution in [2.75, 3.05) is 4.90 Å². The third-order valence-electron chi connectivity index (χ3n) is 12.8. The molecule has 10 aromatic carbocycles. The van der Waals surface area contributed by atoms with Crippen LogP contribution in [-0.2, 0) is 5.41 Å². The third-order valence-corrected chi connectivity index (χ3v) is 12.8. The van der Waals surface area contributed by atoms with E-state index in [1.54, 1.807) is 0 Å². The summed E-state index contributed by atoms with van der Waals surface area (Å²) in [7, 11) is 0. The molecular formula is C59H39NO. The van der Waals surface area contributed by atoms with Crippen molar-refractivity contribution >= 4 is 49.8 Å². The van der Waals surface area contributed by atoms with E-state index in [1.165, 1.54) is 55.3 Å². The van der Waals surface area contributed by atoms with Gasteiger partial charge in [0, 0.05) is 33.4 Å². The lowest BCUT2D eigenvalue weighted by Crippen LogP contribution is -2.28. The molecule has 1 aromatic heterocycles. The van der Waals surface area contributed by atoms with Gasteiger partial charge < -0.3 is 9.32 Å². The van der Waals surface area contributed by atoms with Crippen molar-refractivity contribution < 1.29 is 4.42 Å². The first-order valence-electron chi connectivity index (χ1n) is 21.0. The minimum absolute atomic E-state index is 0.469. The first kappa shape index (κ1) is 35.0. The Morgan fingerprint density at radius 3 is 1.64 bits per heavy atom. The Bertz CT molecular complexity index is 3360. The summed E-state index contributed by atoms with van der Waals surface area (Å²) >= 11 is 0. The van der Waals surface area contributed by atoms with E-state index in [2.05, 4.69) is 229 Å². The molecule has 12 rings (SSSR count). The van der Waals surface area contributed by atoms with Gasteiger partial charge in [-0.1, -0.05) is 194 Å². The maximum Gasteiger partial charge on any atom is 0.143 e. The van der Waals surface area contributed by atoms with Crippen molar-refractivity contribution in [1.82, 2.24) is 0 Å². The second-order valence-corrected chi connectivity index (χ2v) is 16.0. The molecule has 0 spiro atoms. The van der Waals surface area contributed by atoms with Gasteiger partial charge in [-0.3, -0.25) is 0 Å². The molecule has 1 heterocycles. The molecule has 61 heavy (non-hydrogen) atoms. The number of anilines is 3. The van der Waals surface area contributed by atoms with Crippen molar-refractivity contribution in [2.45, 2.75) is 5.41 Å². The van der Waals surface area contributed by atoms with Crippen LogP contribution in [0.3, 0.4) is 0 Å². The van der Waals surface area contributed by atoms with E-state index in [4.69, 9.17) is 4.42 Å². The SMILES string of the molecule is c1ccc(C2(c3ccc(N(c4ccc(-c5cccc6ccccc56)cc4)c4cccc(-c5cccc6c5oc5ccccc56)c4)cc3)c3ccccc3-c3ccccc32)cc1. The highest BCUT2D eigenvalue weighted by molar-refractivity contribution is 6.09. The molecule has 0 atom stereocenters. The quantitative estimate of drug-likeness (QED) is 0.160. The molecule has 0 saturated carbocycles. The van der Waals surface area contributed by atoms with Gasteiger partial charge in [0.1, 0.15) is 11.2 Å². The summed E-state index contributed by atoms with van der Waals surface area (Å²) < 4.78 is 6.54. The van der Waals surface area contributed by atoms with Gasteiger partial charge in [0.25, 0.3) is 0 Å². The van der Waals surface area contributed by atoms with Crippen LogP contribution in [0.5, 0.6) is 0 Å². The topological polar surface area (TPSA) is 16.4 Å². The van der Waals surface area contributed by atoms with Gasteiger partial charge in [-0.25, -0.2) is 0 Å². The van der Waals surface area contributed by atoms with Crippen LogP contribution in [0.15, 0.2) is 241 Å². The predicted molar refractivity (Wildman–Crippen MR) is 254 cm³/mol. The first-order valence-corrected chi connectivity index (χ1v) is 21.0. The lowest BCUT2D eigenvalue weighted by Gasteiger charge is -2.34. The fourth-order valence-electron chi connectivity index (χ4n) is 10.1. The van der Waals surface area contributed by atoms with Gasteiger partial charge >= 0.3 is 0 Å². The molecule has 0 unspecified atom stereocenters. The molecule has 1 aliphatic carbocycles. The second kappa shape index (κ2) is 14.1. The zero-order chi connectivity index (χ0) is 40.3. The number of furan rings is 1. The average Bonchev–Trinajstić information content (AvgIpc) is 3.87. The Balaban J connectivity index is 1.03. The zero-order valence-electron chi connectivity index (χ0n) is 33.4. The average molecular weight is 778 g/mol. The van der Waals surface area contributed by atoms with Crippen molar-refractivity contribution in [1.29, 1.82) is 0 Å². The zero-order valence-corrected chi connectivity index (χ0v) is 33.4. The van der Waals surface area contributed by atoms with E-state index >= 15 is 0 Å². The Labute approximate surface area is 355 Å². The van der Waals surface area contributed by atoms with Crippen LogP contribution < -0.4 is 4.90 Å². The lowest BCUT2D eigenvalue weighted by molar-refractivity contribution is 0.670. The Kier molecular flexibility index (Phi) is 8.11. The molecule has 0 fully saturated rings. The largest absolute Gasteiger partial charge is 0.455 e. The monoisotopic (exact) mass is 777 g/mol. The van der Waals surface area contributed by atoms with E-state index in [0.29, 0.717) is 0 Å². The van der Waals surface area contributed by atoms with E-state index in [0.717, 1.165) is 50.1 Å². The first-order chi connectivity index (χ1) is 30.3. The molecule has 0 bridgehead atoms. The summed E-state index contributed by atoms with van der Waals surface area (Å²) in [6.45, 7) is 0. The molecule has 2 nitrogen and oxygen atoms in total. The van der Waals surface area contributed by atoms with Gasteiger partial charge in [0.05, 0.1) is 5.41 Å². The molecule has 11 aromatic rings. The summed E-state index contributed by atoms with van der Waals surface area (Å²) in [5, 5.41) is 4.74. The molecule has 1 aliphatic rings. The Hall–Kier alpha value is -7.94. The second-order valence-electron chi connectivity index (χ2n) is 16.0. The summed E-state index contributed by atoms with van der Waals surface area (Å²) in [4.78, 5) is 2.38. The van der Waals surface area contributed by atoms with E-state index in [1.807, 2.05) is 12.1 Å². The number of hydrogen-bond donors (Lipinski definition) is 0. The maximum absolute atomic E-state index is 6.54. The minimum atomic E-state index is -0.469. The number of rotatable bonds is 7. The van der Waals surface area contributed by atoms with E-state index in [9.17, 15) is 0 Å². The fraction of sp³-hybridized carbons (Fsp3) is 0.0169. The predicted octanol–water partition coefficient (Wildman–Crippen LogP) is 15.9. The number of fused-ring (bicyclic) bond motifs is 7. The highest BCUT2D eigenvalue weighted by Crippen LogP contribution is 2.56. The van der Waals surface area contributed by atoms with Gasteiger partial charge in [0.2, 0.25) is 0 Å². The van der Waals surface area contributed by atoms with Crippen LogP contribution in [-0.4, -0.2) is 0 Å². The summed E-state index contributed by atoms with van der Waals surface area (Å²) in [6.07, 6.45) is 0. The van der Waals surface area contributed by atoms with Crippen LogP contribution in [0.25, 0.3) is 66.1 Å².